The van der Waals surface area contributed by atoms with Crippen LogP contribution in [0.2, 0.25) is 0 Å². The number of nitrogens with one attached hydrogen (secondary N) is 1. The Labute approximate surface area is 153 Å². The predicted molar refractivity (Wildman–Crippen MR) is 95.5 cm³/mol. The lowest BCUT2D eigenvalue weighted by atomic mass is 9.55. The van der Waals surface area contributed by atoms with Crippen LogP contribution in [0.5, 0.6) is 11.5 Å². The summed E-state index contributed by atoms with van der Waals surface area (Å²) in [5, 5.41) is 3.34. The maximum absolute atomic E-state index is 12.7. The number of hydrogen-bond donors (Lipinski definition) is 1. The Bertz CT molecular complexity index is 799. The molecule has 1 aromatic carbocycles. The molecule has 0 saturated heterocycles. The number of ketones is 1. The van der Waals surface area contributed by atoms with Crippen LogP contribution < -0.4 is 14.8 Å². The van der Waals surface area contributed by atoms with E-state index in [1.165, 1.54) is 5.56 Å². The van der Waals surface area contributed by atoms with Crippen LogP contribution in [0.1, 0.15) is 50.2 Å². The minimum Gasteiger partial charge on any atom is -0.493 e. The third kappa shape index (κ3) is 1.97. The van der Waals surface area contributed by atoms with E-state index in [2.05, 4.69) is 18.3 Å². The van der Waals surface area contributed by atoms with Gasteiger partial charge in [-0.2, -0.15) is 0 Å². The minimum atomic E-state index is -0.463. The fourth-order valence-electron chi connectivity index (χ4n) is 5.64. The number of carbonyl (C=O) groups is 2. The van der Waals surface area contributed by atoms with Crippen LogP contribution in [0.15, 0.2) is 12.1 Å². The molecule has 3 aliphatic carbocycles. The summed E-state index contributed by atoms with van der Waals surface area (Å²) in [7, 11) is 1.63. The zero-order valence-electron chi connectivity index (χ0n) is 15.3. The molecule has 5 rings (SSSR count). The van der Waals surface area contributed by atoms with Crippen molar-refractivity contribution in [2.75, 3.05) is 7.11 Å². The van der Waals surface area contributed by atoms with Crippen LogP contribution in [0, 0.1) is 11.8 Å². The third-order valence-corrected chi connectivity index (χ3v) is 7.24. The molecule has 2 saturated carbocycles. The Kier molecular flexibility index (Phi) is 3.40. The smallest absolute Gasteiger partial charge is 0.223 e. The van der Waals surface area contributed by atoms with E-state index in [0.717, 1.165) is 43.4 Å². The van der Waals surface area contributed by atoms with Gasteiger partial charge in [-0.1, -0.05) is 19.4 Å². The fraction of sp³-hybridized carbons (Fsp3) is 0.619. The first-order chi connectivity index (χ1) is 12.5. The molecule has 0 aromatic heterocycles. The molecule has 138 valence electrons. The van der Waals surface area contributed by atoms with Gasteiger partial charge in [-0.15, -0.1) is 0 Å². The third-order valence-electron chi connectivity index (χ3n) is 7.24. The largest absolute Gasteiger partial charge is 0.493 e. The van der Waals surface area contributed by atoms with E-state index in [-0.39, 0.29) is 35.0 Å². The van der Waals surface area contributed by atoms with Crippen LogP contribution in [0.3, 0.4) is 0 Å². The fourth-order valence-corrected chi connectivity index (χ4v) is 5.64. The van der Waals surface area contributed by atoms with Crippen LogP contribution in [0.4, 0.5) is 0 Å². The van der Waals surface area contributed by atoms with Crippen molar-refractivity contribution in [1.29, 1.82) is 0 Å². The van der Waals surface area contributed by atoms with E-state index in [0.29, 0.717) is 12.2 Å². The normalized spacial score (nSPS) is 34.5. The minimum absolute atomic E-state index is 0.0687. The Morgan fingerprint density at radius 1 is 1.31 bits per heavy atom. The lowest BCUT2D eigenvalue weighted by Crippen LogP contribution is -2.60. The average molecular weight is 355 g/mol. The molecule has 4 aliphatic rings. The molecule has 1 heterocycles. The molecule has 1 amide bonds. The Morgan fingerprint density at radius 3 is 2.81 bits per heavy atom. The number of amides is 1. The van der Waals surface area contributed by atoms with E-state index < -0.39 is 6.10 Å². The zero-order chi connectivity index (χ0) is 18.1. The second-order valence-electron chi connectivity index (χ2n) is 8.47. The summed E-state index contributed by atoms with van der Waals surface area (Å²) < 4.78 is 11.7. The van der Waals surface area contributed by atoms with E-state index in [4.69, 9.17) is 9.47 Å². The maximum atomic E-state index is 12.7. The van der Waals surface area contributed by atoms with Crippen molar-refractivity contribution in [2.24, 2.45) is 11.8 Å². The SMILES string of the molecule is COc1ccc2c3c1O[C@@H]1C(=O)CC[C@H]([C@@H](NC(=O)C4CCC4)C2)C31C. The van der Waals surface area contributed by atoms with Crippen molar-refractivity contribution in [3.63, 3.8) is 0 Å². The molecule has 0 bridgehead atoms. The van der Waals surface area contributed by atoms with Gasteiger partial charge < -0.3 is 14.8 Å². The van der Waals surface area contributed by atoms with Crippen molar-refractivity contribution >= 4 is 11.7 Å². The van der Waals surface area contributed by atoms with Gasteiger partial charge in [0.2, 0.25) is 5.91 Å². The highest BCUT2D eigenvalue weighted by Crippen LogP contribution is 2.59. The van der Waals surface area contributed by atoms with Gasteiger partial charge in [0.1, 0.15) is 0 Å². The van der Waals surface area contributed by atoms with Gasteiger partial charge in [0, 0.05) is 29.4 Å². The van der Waals surface area contributed by atoms with Gasteiger partial charge in [-0.25, -0.2) is 0 Å². The highest BCUT2D eigenvalue weighted by Gasteiger charge is 2.61. The van der Waals surface area contributed by atoms with Crippen molar-refractivity contribution in [3.8, 4) is 11.5 Å². The molecule has 1 aromatic rings. The number of carbonyl (C=O) groups excluding carboxylic acids is 2. The van der Waals surface area contributed by atoms with Crippen molar-refractivity contribution in [2.45, 2.75) is 63.0 Å². The molecule has 0 radical (unpaired) electrons. The molecule has 1 aliphatic heterocycles. The monoisotopic (exact) mass is 355 g/mol. The average Bonchev–Trinajstić information content (AvgIpc) is 2.88. The van der Waals surface area contributed by atoms with E-state index >= 15 is 0 Å². The topological polar surface area (TPSA) is 64.6 Å². The number of hydrogen-bond acceptors (Lipinski definition) is 4. The standard InChI is InChI=1S/C21H25NO4/c1-21-13-7-8-15(23)19(21)26-18-16(25-2)9-6-12(17(18)21)10-14(13)22-20(24)11-4-3-5-11/h6,9,11,13-14,19H,3-5,7-8,10H2,1-2H3,(H,22,24)/t13-,14+,19-,21?/m1/s1. The molecule has 2 fully saturated rings. The molecule has 5 heteroatoms. The van der Waals surface area contributed by atoms with Crippen LogP contribution in [0.25, 0.3) is 0 Å². The summed E-state index contributed by atoms with van der Waals surface area (Å²) in [6.07, 6.45) is 4.82. The summed E-state index contributed by atoms with van der Waals surface area (Å²) >= 11 is 0. The lowest BCUT2D eigenvalue weighted by molar-refractivity contribution is -0.134. The maximum Gasteiger partial charge on any atom is 0.223 e. The molecule has 26 heavy (non-hydrogen) atoms. The van der Waals surface area contributed by atoms with Crippen LogP contribution >= 0.6 is 0 Å². The molecular formula is C21H25NO4. The summed E-state index contributed by atoms with van der Waals surface area (Å²) in [5.41, 5.74) is 1.93. The quantitative estimate of drug-likeness (QED) is 0.905. The lowest BCUT2D eigenvalue weighted by Gasteiger charge is -2.49. The molecule has 1 N–H and O–H groups in total. The van der Waals surface area contributed by atoms with Crippen molar-refractivity contribution in [1.82, 2.24) is 5.32 Å². The Hall–Kier alpha value is -2.04. The molecular weight excluding hydrogens is 330 g/mol. The van der Waals surface area contributed by atoms with E-state index in [1.807, 2.05) is 6.07 Å². The molecule has 4 atom stereocenters. The van der Waals surface area contributed by atoms with Gasteiger partial charge in [-0.3, -0.25) is 9.59 Å². The van der Waals surface area contributed by atoms with E-state index in [9.17, 15) is 9.59 Å². The molecule has 5 nitrogen and oxygen atoms in total. The number of benzene rings is 1. The first-order valence-electron chi connectivity index (χ1n) is 9.74. The molecule has 1 unspecified atom stereocenters. The zero-order valence-corrected chi connectivity index (χ0v) is 15.3. The number of rotatable bonds is 3. The van der Waals surface area contributed by atoms with Gasteiger partial charge >= 0.3 is 0 Å². The van der Waals surface area contributed by atoms with Crippen molar-refractivity contribution in [3.05, 3.63) is 23.3 Å². The summed E-state index contributed by atoms with van der Waals surface area (Å²) in [6.45, 7) is 2.15. The van der Waals surface area contributed by atoms with E-state index in [1.54, 1.807) is 7.11 Å². The number of Topliss-reactive ketones (excluding diaryl/α,β-unsaturated/α-hetero) is 1. The first kappa shape index (κ1) is 16.2. The Morgan fingerprint density at radius 2 is 2.12 bits per heavy atom. The number of ether oxygens (including phenoxy) is 2. The summed E-state index contributed by atoms with van der Waals surface area (Å²) in [5.74, 6) is 2.18. The van der Waals surface area contributed by atoms with Gasteiger partial charge in [0.15, 0.2) is 23.4 Å². The predicted octanol–water partition coefficient (Wildman–Crippen LogP) is 2.53. The highest BCUT2D eigenvalue weighted by molar-refractivity contribution is 5.89. The van der Waals surface area contributed by atoms with Gasteiger partial charge in [0.05, 0.1) is 7.11 Å². The first-order valence-corrected chi connectivity index (χ1v) is 9.74. The number of methoxy groups -OCH3 is 1. The second kappa shape index (κ2) is 5.48. The highest BCUT2D eigenvalue weighted by atomic mass is 16.5. The van der Waals surface area contributed by atoms with Gasteiger partial charge in [0.25, 0.3) is 0 Å². The summed E-state index contributed by atoms with van der Waals surface area (Å²) in [4.78, 5) is 25.3. The van der Waals surface area contributed by atoms with Crippen LogP contribution in [-0.4, -0.2) is 30.9 Å². The molecule has 0 spiro atoms. The summed E-state index contributed by atoms with van der Waals surface area (Å²) in [6, 6.07) is 4.07. The Balaban J connectivity index is 1.58. The second-order valence-corrected chi connectivity index (χ2v) is 8.47. The van der Waals surface area contributed by atoms with Crippen molar-refractivity contribution < 1.29 is 19.1 Å². The van der Waals surface area contributed by atoms with Crippen LogP contribution in [-0.2, 0) is 21.4 Å². The van der Waals surface area contributed by atoms with Gasteiger partial charge in [-0.05, 0) is 43.2 Å².